The largest absolute Gasteiger partial charge is 0.376 e. The second-order valence-electron chi connectivity index (χ2n) is 12.1. The Labute approximate surface area is 238 Å². The first-order valence-corrected chi connectivity index (χ1v) is 14.5. The highest BCUT2D eigenvalue weighted by atomic mass is 19.2. The van der Waals surface area contributed by atoms with Crippen LogP contribution < -0.4 is 0 Å². The number of ether oxygens (including phenoxy) is 4. The number of rotatable bonds is 6. The van der Waals surface area contributed by atoms with E-state index in [0.29, 0.717) is 32.4 Å². The van der Waals surface area contributed by atoms with Gasteiger partial charge in [-0.3, -0.25) is 9.69 Å². The van der Waals surface area contributed by atoms with Crippen LogP contribution >= 0.6 is 0 Å². The molecule has 1 aromatic carbocycles. The van der Waals surface area contributed by atoms with Crippen LogP contribution in [0.25, 0.3) is 11.3 Å². The molecule has 0 N–H and O–H groups in total. The summed E-state index contributed by atoms with van der Waals surface area (Å²) in [5, 5.41) is 8.54. The molecule has 0 radical (unpaired) electrons. The van der Waals surface area contributed by atoms with Gasteiger partial charge in [-0.15, -0.1) is 5.10 Å². The minimum atomic E-state index is -0.965. The number of hydrogen-bond donors (Lipinski definition) is 0. The highest BCUT2D eigenvalue weighted by Crippen LogP contribution is 2.40. The summed E-state index contributed by atoms with van der Waals surface area (Å²) in [4.78, 5) is 17.1. The van der Waals surface area contributed by atoms with Crippen molar-refractivity contribution in [2.24, 2.45) is 0 Å². The van der Waals surface area contributed by atoms with E-state index in [9.17, 15) is 13.6 Å². The van der Waals surface area contributed by atoms with Gasteiger partial charge in [-0.1, -0.05) is 30.5 Å². The number of carbonyl (C=O) groups is 1. The molecule has 1 saturated carbocycles. The van der Waals surface area contributed by atoms with Gasteiger partial charge in [0.2, 0.25) is 5.91 Å². The van der Waals surface area contributed by atoms with Crippen LogP contribution in [0.1, 0.15) is 57.6 Å². The van der Waals surface area contributed by atoms with Crippen molar-refractivity contribution in [3.63, 3.8) is 0 Å². The molecule has 12 heteroatoms. The summed E-state index contributed by atoms with van der Waals surface area (Å²) in [6, 6.07) is 2.82. The van der Waals surface area contributed by atoms with E-state index in [1.54, 1.807) is 18.0 Å². The summed E-state index contributed by atoms with van der Waals surface area (Å²) in [6.07, 6.45) is 5.35. The molecule has 1 aromatic heterocycles. The van der Waals surface area contributed by atoms with E-state index in [-0.39, 0.29) is 22.7 Å². The predicted octanol–water partition coefficient (Wildman–Crippen LogP) is 3.44. The van der Waals surface area contributed by atoms with E-state index < -0.39 is 47.9 Å². The highest BCUT2D eigenvalue weighted by Gasteiger charge is 2.53. The van der Waals surface area contributed by atoms with Crippen LogP contribution in [-0.4, -0.2) is 100 Å². The molecular formula is C29H39F2N5O5. The smallest absolute Gasteiger partial charge is 0.238 e. The maximum atomic E-state index is 14.8. The van der Waals surface area contributed by atoms with E-state index in [1.165, 1.54) is 25.5 Å². The predicted molar refractivity (Wildman–Crippen MR) is 144 cm³/mol. The normalized spacial score (nSPS) is 31.0. The molecule has 3 saturated heterocycles. The number of aromatic nitrogens is 3. The van der Waals surface area contributed by atoms with E-state index in [2.05, 4.69) is 15.2 Å². The zero-order valence-corrected chi connectivity index (χ0v) is 24.1. The van der Waals surface area contributed by atoms with Crippen molar-refractivity contribution >= 4 is 5.91 Å². The number of amides is 1. The number of aryl methyl sites for hydroxylation is 1. The van der Waals surface area contributed by atoms with Crippen molar-refractivity contribution in [3.05, 3.63) is 35.5 Å². The van der Waals surface area contributed by atoms with Gasteiger partial charge in [0.1, 0.15) is 30.0 Å². The lowest BCUT2D eigenvalue weighted by Gasteiger charge is -2.51. The second-order valence-corrected chi connectivity index (χ2v) is 12.1. The van der Waals surface area contributed by atoms with Crippen LogP contribution in [0.5, 0.6) is 0 Å². The SMILES string of the molecule is CO[C@@H]1C(n2cc(-c3ccc(C)c(F)c3F)nn2)[C@H]2OC(C)(C)OC[C@H]2O[C@@H]1CN1CC(=O)N(C2CCCCC2)C1. The van der Waals surface area contributed by atoms with Crippen molar-refractivity contribution in [2.75, 3.05) is 33.5 Å². The third-order valence-corrected chi connectivity index (χ3v) is 8.90. The molecule has 1 unspecified atom stereocenters. The summed E-state index contributed by atoms with van der Waals surface area (Å²) in [5.74, 6) is -2.59. The van der Waals surface area contributed by atoms with Crippen molar-refractivity contribution < 1.29 is 32.5 Å². The van der Waals surface area contributed by atoms with Crippen LogP contribution in [0, 0.1) is 18.6 Å². The Balaban J connectivity index is 1.27. The van der Waals surface area contributed by atoms with Gasteiger partial charge in [0.25, 0.3) is 0 Å². The van der Waals surface area contributed by atoms with Crippen LogP contribution in [-0.2, 0) is 23.7 Å². The Hall–Kier alpha value is -2.51. The lowest BCUT2D eigenvalue weighted by atomic mass is 9.90. The summed E-state index contributed by atoms with van der Waals surface area (Å²) in [6.45, 7) is 6.84. The molecule has 4 aliphatic rings. The molecule has 0 bridgehead atoms. The van der Waals surface area contributed by atoms with Crippen molar-refractivity contribution in [1.82, 2.24) is 24.8 Å². The minimum Gasteiger partial charge on any atom is -0.376 e. The lowest BCUT2D eigenvalue weighted by Crippen LogP contribution is -2.64. The molecule has 6 rings (SSSR count). The highest BCUT2D eigenvalue weighted by molar-refractivity contribution is 5.80. The quantitative estimate of drug-likeness (QED) is 0.518. The topological polar surface area (TPSA) is 91.2 Å². The molecule has 10 nitrogen and oxygen atoms in total. The first-order valence-electron chi connectivity index (χ1n) is 14.5. The fourth-order valence-electron chi connectivity index (χ4n) is 6.77. The van der Waals surface area contributed by atoms with Crippen LogP contribution in [0.15, 0.2) is 18.3 Å². The molecule has 5 atom stereocenters. The Morgan fingerprint density at radius 3 is 2.68 bits per heavy atom. The average molecular weight is 576 g/mol. The van der Waals surface area contributed by atoms with Crippen molar-refractivity contribution in [1.29, 1.82) is 0 Å². The van der Waals surface area contributed by atoms with Gasteiger partial charge in [0.15, 0.2) is 17.4 Å². The molecule has 2 aromatic rings. The van der Waals surface area contributed by atoms with Gasteiger partial charge < -0.3 is 23.8 Å². The van der Waals surface area contributed by atoms with Gasteiger partial charge in [-0.05, 0) is 45.2 Å². The summed E-state index contributed by atoms with van der Waals surface area (Å²) >= 11 is 0. The Bertz CT molecular complexity index is 1270. The first kappa shape index (κ1) is 28.6. The zero-order chi connectivity index (χ0) is 28.9. The fourth-order valence-corrected chi connectivity index (χ4v) is 6.77. The standard InChI is InChI=1S/C29H39F2N5O5/c1-17-10-11-19(25(31)24(17)30)20-12-36(33-32-20)26-27(38-4)21(40-22-15-39-29(2,3)41-28(22)26)13-34-14-23(37)35(16-34)18-8-6-5-7-9-18/h10-12,18,21-22,26-28H,5-9,13-16H2,1-4H3/t21-,22-,26?,27+,28+/m1/s1. The maximum Gasteiger partial charge on any atom is 0.238 e. The Morgan fingerprint density at radius 1 is 1.15 bits per heavy atom. The molecule has 1 amide bonds. The van der Waals surface area contributed by atoms with Gasteiger partial charge in [-0.25, -0.2) is 13.5 Å². The number of fused-ring (bicyclic) bond motifs is 1. The molecule has 4 heterocycles. The third-order valence-electron chi connectivity index (χ3n) is 8.90. The molecule has 41 heavy (non-hydrogen) atoms. The lowest BCUT2D eigenvalue weighted by molar-refractivity contribution is -0.350. The van der Waals surface area contributed by atoms with Gasteiger partial charge in [-0.2, -0.15) is 0 Å². The summed E-state index contributed by atoms with van der Waals surface area (Å²) in [5.41, 5.74) is 0.448. The summed E-state index contributed by atoms with van der Waals surface area (Å²) in [7, 11) is 1.61. The molecule has 224 valence electrons. The Kier molecular flexibility index (Phi) is 7.88. The number of benzene rings is 1. The number of nitrogens with zero attached hydrogens (tertiary/aromatic N) is 5. The van der Waals surface area contributed by atoms with Crippen LogP contribution in [0.4, 0.5) is 8.78 Å². The van der Waals surface area contributed by atoms with Crippen molar-refractivity contribution in [3.8, 4) is 11.3 Å². The van der Waals surface area contributed by atoms with E-state index in [0.717, 1.165) is 25.7 Å². The number of hydrogen-bond acceptors (Lipinski definition) is 8. The van der Waals surface area contributed by atoms with Gasteiger partial charge >= 0.3 is 0 Å². The first-order chi connectivity index (χ1) is 19.6. The second kappa shape index (κ2) is 11.3. The van der Waals surface area contributed by atoms with Crippen LogP contribution in [0.3, 0.4) is 0 Å². The molecule has 4 fully saturated rings. The Morgan fingerprint density at radius 2 is 1.93 bits per heavy atom. The minimum absolute atomic E-state index is 0.0279. The maximum absolute atomic E-state index is 14.8. The molecule has 3 aliphatic heterocycles. The molecular weight excluding hydrogens is 536 g/mol. The summed E-state index contributed by atoms with van der Waals surface area (Å²) < 4.78 is 55.7. The number of halogens is 2. The van der Waals surface area contributed by atoms with Crippen molar-refractivity contribution in [2.45, 2.75) is 95.2 Å². The van der Waals surface area contributed by atoms with Gasteiger partial charge in [0.05, 0.1) is 32.1 Å². The zero-order valence-electron chi connectivity index (χ0n) is 24.1. The van der Waals surface area contributed by atoms with E-state index in [1.807, 2.05) is 18.7 Å². The third kappa shape index (κ3) is 5.52. The van der Waals surface area contributed by atoms with Gasteiger partial charge in [0, 0.05) is 25.3 Å². The number of carbonyl (C=O) groups excluding carboxylic acids is 1. The van der Waals surface area contributed by atoms with E-state index >= 15 is 0 Å². The molecule has 1 aliphatic carbocycles. The number of methoxy groups -OCH3 is 1. The van der Waals surface area contributed by atoms with Crippen LogP contribution in [0.2, 0.25) is 0 Å². The van der Waals surface area contributed by atoms with E-state index in [4.69, 9.17) is 18.9 Å². The average Bonchev–Trinajstić information content (AvgIpc) is 3.58. The fraction of sp³-hybridized carbons (Fsp3) is 0.690. The monoisotopic (exact) mass is 575 g/mol. The molecule has 0 spiro atoms.